The van der Waals surface area contributed by atoms with Crippen LogP contribution in [0.2, 0.25) is 0 Å². The SMILES string of the molecule is COc1ccc2c(O[C@@H]3C[C@@H](C(=O)N[C@]45CC4/C=C\CCCCCNc4ccccc4S(=O)(=O)NC5=O)N(C(=O)[C@@H]4CCC(=O)N4)C3)cc(-c3csc(NC(C)C)n3)nc2c1. The van der Waals surface area contributed by atoms with Crippen LogP contribution in [0.4, 0.5) is 10.8 Å². The standard InChI is InChI=1S/C43H50N8O8S2/c1-25(2)45-42-48-34(24-60-42)33-21-36(29-15-14-27(58-3)19-32(29)46-33)59-28-20-35(51(23-28)40(54)31-16-17-38(52)47-31)39(53)49-43-22-26(43)11-7-5-4-6-10-18-44-30-12-8-9-13-37(30)61(56,57)50-41(43)55/h7-9,11-15,19,21,24-26,28,31,35,44H,4-6,10,16-18,20,22-23H2,1-3H3,(H,45,48)(H,47,52)(H,49,53)(H,50,55)/b11-7-/t26?,28-,31+,35+,43-/m1/s1. The zero-order valence-electron chi connectivity index (χ0n) is 34.2. The van der Waals surface area contributed by atoms with Gasteiger partial charge in [0.05, 0.1) is 30.6 Å². The molecule has 1 unspecified atom stereocenters. The summed E-state index contributed by atoms with van der Waals surface area (Å²) < 4.78 is 42.0. The lowest BCUT2D eigenvalue weighted by Crippen LogP contribution is -2.57. The number of thiazole rings is 1. The van der Waals surface area contributed by atoms with E-state index in [2.05, 4.69) is 26.0 Å². The number of allylic oxidation sites excluding steroid dienone is 1. The van der Waals surface area contributed by atoms with E-state index in [1.165, 1.54) is 22.3 Å². The molecule has 322 valence electrons. The van der Waals surface area contributed by atoms with Gasteiger partial charge in [0, 0.05) is 54.2 Å². The average Bonchev–Trinajstić information content (AvgIpc) is 3.60. The molecule has 1 saturated carbocycles. The molecule has 4 aromatic rings. The molecule has 16 nitrogen and oxygen atoms in total. The van der Waals surface area contributed by atoms with E-state index in [0.29, 0.717) is 46.0 Å². The number of para-hydroxylation sites is 1. The highest BCUT2D eigenvalue weighted by atomic mass is 32.2. The van der Waals surface area contributed by atoms with E-state index < -0.39 is 57.4 Å². The number of pyridine rings is 1. The van der Waals surface area contributed by atoms with Crippen LogP contribution < -0.4 is 35.5 Å². The van der Waals surface area contributed by atoms with Gasteiger partial charge in [0.1, 0.15) is 45.8 Å². The highest BCUT2D eigenvalue weighted by Crippen LogP contribution is 2.46. The summed E-state index contributed by atoms with van der Waals surface area (Å²) in [4.78, 5) is 66.2. The van der Waals surface area contributed by atoms with E-state index in [1.54, 1.807) is 43.5 Å². The smallest absolute Gasteiger partial charge is 0.266 e. The normalized spacial score (nSPS) is 25.5. The highest BCUT2D eigenvalue weighted by Gasteiger charge is 2.62. The molecule has 3 fully saturated rings. The second kappa shape index (κ2) is 17.3. The fourth-order valence-corrected chi connectivity index (χ4v) is 10.3. The van der Waals surface area contributed by atoms with Crippen LogP contribution in [0.15, 0.2) is 71.0 Å². The van der Waals surface area contributed by atoms with E-state index in [4.69, 9.17) is 19.4 Å². The number of ether oxygens (including phenoxy) is 2. The van der Waals surface area contributed by atoms with E-state index in [1.807, 2.05) is 37.4 Å². The molecule has 8 rings (SSSR count). The summed E-state index contributed by atoms with van der Waals surface area (Å²) >= 11 is 1.45. The van der Waals surface area contributed by atoms with Crippen LogP contribution in [0.5, 0.6) is 11.5 Å². The molecule has 4 amide bonds. The number of aromatic nitrogens is 2. The van der Waals surface area contributed by atoms with Crippen LogP contribution in [0.1, 0.15) is 65.2 Å². The quantitative estimate of drug-likeness (QED) is 0.145. The molecule has 61 heavy (non-hydrogen) atoms. The predicted molar refractivity (Wildman–Crippen MR) is 231 cm³/mol. The first kappa shape index (κ1) is 42.0. The molecule has 3 aliphatic heterocycles. The fourth-order valence-electron chi connectivity index (χ4n) is 8.24. The third-order valence-corrected chi connectivity index (χ3v) is 13.7. The van der Waals surface area contributed by atoms with E-state index in [0.717, 1.165) is 30.8 Å². The maximum absolute atomic E-state index is 14.6. The minimum Gasteiger partial charge on any atom is -0.497 e. The number of anilines is 2. The Balaban J connectivity index is 1.10. The predicted octanol–water partition coefficient (Wildman–Crippen LogP) is 4.74. The van der Waals surface area contributed by atoms with Crippen LogP contribution in [-0.2, 0) is 29.2 Å². The van der Waals surface area contributed by atoms with Gasteiger partial charge in [-0.05, 0) is 70.2 Å². The summed E-state index contributed by atoms with van der Waals surface area (Å²) in [6.07, 6.45) is 7.18. The number of carbonyl (C=O) groups excluding carboxylic acids is 4. The van der Waals surface area contributed by atoms with Gasteiger partial charge in [-0.15, -0.1) is 11.3 Å². The van der Waals surface area contributed by atoms with Gasteiger partial charge in [-0.1, -0.05) is 30.7 Å². The number of hydrogen-bond acceptors (Lipinski definition) is 13. The molecular formula is C43H50N8O8S2. The summed E-state index contributed by atoms with van der Waals surface area (Å²) in [6, 6.07) is 11.8. The summed E-state index contributed by atoms with van der Waals surface area (Å²) in [5.74, 6) is -1.65. The van der Waals surface area contributed by atoms with Gasteiger partial charge in [-0.2, -0.15) is 0 Å². The van der Waals surface area contributed by atoms with Crippen molar-refractivity contribution in [2.24, 2.45) is 5.92 Å². The van der Waals surface area contributed by atoms with E-state index in [9.17, 15) is 27.6 Å². The topological polar surface area (TPSA) is 210 Å². The van der Waals surface area contributed by atoms with Crippen molar-refractivity contribution >= 4 is 66.7 Å². The van der Waals surface area contributed by atoms with Crippen LogP contribution in [0, 0.1) is 5.92 Å². The third-order valence-electron chi connectivity index (χ3n) is 11.5. The Kier molecular flexibility index (Phi) is 11.9. The highest BCUT2D eigenvalue weighted by molar-refractivity contribution is 7.90. The Morgan fingerprint density at radius 1 is 1.05 bits per heavy atom. The Labute approximate surface area is 358 Å². The van der Waals surface area contributed by atoms with Crippen LogP contribution >= 0.6 is 11.3 Å². The molecule has 0 spiro atoms. The largest absolute Gasteiger partial charge is 0.497 e. The molecule has 5 N–H and O–H groups in total. The Hall–Kier alpha value is -5.75. The van der Waals surface area contributed by atoms with Crippen LogP contribution in [0.3, 0.4) is 0 Å². The Morgan fingerprint density at radius 3 is 2.67 bits per heavy atom. The van der Waals surface area contributed by atoms with Crippen molar-refractivity contribution in [2.75, 3.05) is 30.8 Å². The maximum atomic E-state index is 14.6. The molecule has 1 aliphatic carbocycles. The van der Waals surface area contributed by atoms with Gasteiger partial charge in [0.15, 0.2) is 5.13 Å². The molecule has 2 aromatic carbocycles. The number of amides is 4. The average molecular weight is 871 g/mol. The Morgan fingerprint density at radius 2 is 1.89 bits per heavy atom. The van der Waals surface area contributed by atoms with Crippen molar-refractivity contribution < 1.29 is 37.1 Å². The van der Waals surface area contributed by atoms with Gasteiger partial charge in [-0.25, -0.2) is 23.1 Å². The lowest BCUT2D eigenvalue weighted by molar-refractivity contribution is -0.141. The molecule has 5 atom stereocenters. The van der Waals surface area contributed by atoms with Crippen molar-refractivity contribution in [1.82, 2.24) is 30.2 Å². The summed E-state index contributed by atoms with van der Waals surface area (Å²) in [5, 5.41) is 15.5. The van der Waals surface area contributed by atoms with Gasteiger partial charge in [0.25, 0.3) is 15.9 Å². The molecular weight excluding hydrogens is 821 g/mol. The van der Waals surface area contributed by atoms with Crippen molar-refractivity contribution in [3.05, 3.63) is 66.1 Å². The van der Waals surface area contributed by atoms with E-state index >= 15 is 0 Å². The van der Waals surface area contributed by atoms with Gasteiger partial charge in [0.2, 0.25) is 17.7 Å². The number of methoxy groups -OCH3 is 1. The summed E-state index contributed by atoms with van der Waals surface area (Å²) in [7, 11) is -2.80. The number of nitrogens with one attached hydrogen (secondary N) is 5. The summed E-state index contributed by atoms with van der Waals surface area (Å²) in [5.41, 5.74) is 0.548. The molecule has 0 bridgehead atoms. The van der Waals surface area contributed by atoms with Crippen molar-refractivity contribution in [2.45, 2.75) is 99.9 Å². The van der Waals surface area contributed by atoms with Gasteiger partial charge >= 0.3 is 0 Å². The Bertz CT molecular complexity index is 2490. The molecule has 4 aliphatic rings. The number of sulfonamides is 1. The molecule has 18 heteroatoms. The van der Waals surface area contributed by atoms with Gasteiger partial charge < -0.3 is 35.6 Å². The third kappa shape index (κ3) is 9.00. The molecule has 2 aromatic heterocycles. The zero-order valence-corrected chi connectivity index (χ0v) is 35.9. The first-order valence-corrected chi connectivity index (χ1v) is 23.1. The minimum absolute atomic E-state index is 0.00154. The first-order chi connectivity index (χ1) is 29.3. The second-order valence-electron chi connectivity index (χ2n) is 16.3. The summed E-state index contributed by atoms with van der Waals surface area (Å²) in [6.45, 7) is 4.62. The second-order valence-corrected chi connectivity index (χ2v) is 18.8. The lowest BCUT2D eigenvalue weighted by Gasteiger charge is -2.28. The first-order valence-electron chi connectivity index (χ1n) is 20.7. The number of likely N-dealkylation sites (tertiary alicyclic amines) is 1. The zero-order chi connectivity index (χ0) is 42.9. The molecule has 5 heterocycles. The van der Waals surface area contributed by atoms with Crippen LogP contribution in [-0.4, -0.2) is 96.9 Å². The minimum atomic E-state index is -4.36. The maximum Gasteiger partial charge on any atom is 0.266 e. The molecule has 2 saturated heterocycles. The van der Waals surface area contributed by atoms with E-state index in [-0.39, 0.29) is 49.1 Å². The van der Waals surface area contributed by atoms with Crippen molar-refractivity contribution in [1.29, 1.82) is 0 Å². The number of nitrogens with zero attached hydrogens (tertiary/aromatic N) is 3. The van der Waals surface area contributed by atoms with Crippen LogP contribution in [0.25, 0.3) is 22.3 Å². The number of benzene rings is 2. The van der Waals surface area contributed by atoms with Crippen molar-refractivity contribution in [3.8, 4) is 22.9 Å². The number of rotatable bonds is 9. The monoisotopic (exact) mass is 870 g/mol. The molecule has 0 radical (unpaired) electrons. The van der Waals surface area contributed by atoms with Crippen molar-refractivity contribution in [3.63, 3.8) is 0 Å². The number of fused-ring (bicyclic) bond motifs is 3. The van der Waals surface area contributed by atoms with Gasteiger partial charge in [-0.3, -0.25) is 19.2 Å². The number of carbonyl (C=O) groups is 4. The lowest BCUT2D eigenvalue weighted by atomic mass is 10.1. The number of hydrogen-bond donors (Lipinski definition) is 5. The fraction of sp³-hybridized carbons (Fsp3) is 0.442.